The van der Waals surface area contributed by atoms with Crippen LogP contribution in [-0.2, 0) is 16.4 Å². The molecule has 0 radical (unpaired) electrons. The first-order valence-electron chi connectivity index (χ1n) is 9.16. The van der Waals surface area contributed by atoms with E-state index in [0.29, 0.717) is 31.3 Å². The van der Waals surface area contributed by atoms with Gasteiger partial charge in [0.05, 0.1) is 0 Å². The van der Waals surface area contributed by atoms with Gasteiger partial charge in [-0.15, -0.1) is 0 Å². The van der Waals surface area contributed by atoms with E-state index in [1.165, 1.54) is 5.41 Å². The molecule has 2 heterocycles. The molecule has 1 atom stereocenters. The normalized spacial score (nSPS) is 22.1. The Morgan fingerprint density at radius 2 is 2.00 bits per heavy atom. The molecule has 1 aromatic carbocycles. The number of piperidine rings is 1. The van der Waals surface area contributed by atoms with Crippen molar-refractivity contribution >= 4 is 16.1 Å². The van der Waals surface area contributed by atoms with E-state index in [1.54, 1.807) is 10.4 Å². The Hall–Kier alpha value is -1.99. The van der Waals surface area contributed by atoms with Crippen molar-refractivity contribution in [1.82, 2.24) is 14.4 Å². The lowest BCUT2D eigenvalue weighted by molar-refractivity contribution is 0.248. The fourth-order valence-corrected chi connectivity index (χ4v) is 4.65. The molecule has 7 heteroatoms. The summed E-state index contributed by atoms with van der Waals surface area (Å²) in [6.45, 7) is 1.07. The monoisotopic (exact) mass is 373 g/mol. The largest absolute Gasteiger partial charge is 0.339 e. The van der Waals surface area contributed by atoms with Crippen LogP contribution in [0.25, 0.3) is 6.08 Å². The fourth-order valence-electron chi connectivity index (χ4n) is 3.34. The number of benzene rings is 1. The summed E-state index contributed by atoms with van der Waals surface area (Å²) >= 11 is 0. The Bertz CT molecular complexity index is 872. The second-order valence-electron chi connectivity index (χ2n) is 7.15. The van der Waals surface area contributed by atoms with Gasteiger partial charge in [-0.05, 0) is 43.2 Å². The number of hydrogen-bond donors (Lipinski definition) is 0. The minimum atomic E-state index is -3.42. The Morgan fingerprint density at radius 1 is 1.19 bits per heavy atom. The molecule has 2 aromatic rings. The molecule has 1 aromatic heterocycles. The maximum absolute atomic E-state index is 12.6. The van der Waals surface area contributed by atoms with Gasteiger partial charge >= 0.3 is 0 Å². The Morgan fingerprint density at radius 3 is 2.77 bits per heavy atom. The quantitative estimate of drug-likeness (QED) is 0.777. The standard InChI is InChI=1S/C19H23N3O3S/c23-26(24,12-10-15-5-2-1-3-6-15)22-11-4-7-16(14-22)13-18-20-19(21-25-18)17-8-9-17/h1-3,5-6,10,12,16-17H,4,7-9,11,13-14H2/b12-10+. The molecule has 1 saturated carbocycles. The molecule has 0 bridgehead atoms. The van der Waals surface area contributed by atoms with Crippen molar-refractivity contribution < 1.29 is 12.9 Å². The summed E-state index contributed by atoms with van der Waals surface area (Å²) < 4.78 is 32.2. The average molecular weight is 373 g/mol. The molecular weight excluding hydrogens is 350 g/mol. The van der Waals surface area contributed by atoms with Gasteiger partial charge < -0.3 is 4.52 Å². The molecule has 2 aliphatic rings. The van der Waals surface area contributed by atoms with E-state index in [2.05, 4.69) is 10.1 Å². The summed E-state index contributed by atoms with van der Waals surface area (Å²) in [6.07, 6.45) is 6.42. The average Bonchev–Trinajstić information content (AvgIpc) is 3.41. The zero-order chi connectivity index (χ0) is 18.0. The van der Waals surface area contributed by atoms with Crippen molar-refractivity contribution in [1.29, 1.82) is 0 Å². The first-order valence-corrected chi connectivity index (χ1v) is 10.7. The second-order valence-corrected chi connectivity index (χ2v) is 8.97. The zero-order valence-corrected chi connectivity index (χ0v) is 15.4. The molecule has 4 rings (SSSR count). The van der Waals surface area contributed by atoms with Crippen LogP contribution < -0.4 is 0 Å². The van der Waals surface area contributed by atoms with Gasteiger partial charge in [0.25, 0.3) is 0 Å². The SMILES string of the molecule is O=S(=O)(/C=C/c1ccccc1)N1CCCC(Cc2nc(C3CC3)no2)C1. The number of aromatic nitrogens is 2. The van der Waals surface area contributed by atoms with Gasteiger partial charge in [-0.2, -0.15) is 9.29 Å². The van der Waals surface area contributed by atoms with Gasteiger partial charge in [0, 0.05) is 30.8 Å². The minimum Gasteiger partial charge on any atom is -0.339 e. The molecule has 0 spiro atoms. The third kappa shape index (κ3) is 4.22. The van der Waals surface area contributed by atoms with Gasteiger partial charge in [0.15, 0.2) is 5.82 Å². The van der Waals surface area contributed by atoms with E-state index in [4.69, 9.17) is 4.52 Å². The second kappa shape index (κ2) is 7.32. The summed E-state index contributed by atoms with van der Waals surface area (Å²) in [7, 11) is -3.42. The predicted molar refractivity (Wildman–Crippen MR) is 98.7 cm³/mol. The van der Waals surface area contributed by atoms with Gasteiger partial charge in [-0.3, -0.25) is 0 Å². The number of nitrogens with zero attached hydrogens (tertiary/aromatic N) is 3. The maximum atomic E-state index is 12.6. The molecule has 0 amide bonds. The summed E-state index contributed by atoms with van der Waals surface area (Å²) in [5.41, 5.74) is 0.878. The molecule has 26 heavy (non-hydrogen) atoms. The van der Waals surface area contributed by atoms with E-state index in [1.807, 2.05) is 30.3 Å². The lowest BCUT2D eigenvalue weighted by Crippen LogP contribution is -2.39. The fraction of sp³-hybridized carbons (Fsp3) is 0.474. The number of sulfonamides is 1. The molecular formula is C19H23N3O3S. The van der Waals surface area contributed by atoms with E-state index in [0.717, 1.165) is 37.1 Å². The summed E-state index contributed by atoms with van der Waals surface area (Å²) in [5, 5.41) is 5.35. The topological polar surface area (TPSA) is 76.3 Å². The van der Waals surface area contributed by atoms with Crippen LogP contribution in [-0.4, -0.2) is 36.0 Å². The van der Waals surface area contributed by atoms with Gasteiger partial charge in [0.1, 0.15) is 0 Å². The van der Waals surface area contributed by atoms with Crippen molar-refractivity contribution in [3.63, 3.8) is 0 Å². The Balaban J connectivity index is 1.39. The lowest BCUT2D eigenvalue weighted by atomic mass is 9.96. The highest BCUT2D eigenvalue weighted by molar-refractivity contribution is 7.92. The van der Waals surface area contributed by atoms with Crippen LogP contribution in [0.3, 0.4) is 0 Å². The summed E-state index contributed by atoms with van der Waals surface area (Å²) in [4.78, 5) is 4.47. The van der Waals surface area contributed by atoms with Crippen LogP contribution in [0.4, 0.5) is 0 Å². The highest BCUT2D eigenvalue weighted by Crippen LogP contribution is 2.38. The molecule has 1 aliphatic carbocycles. The number of rotatable bonds is 6. The Labute approximate surface area is 154 Å². The molecule has 1 unspecified atom stereocenters. The minimum absolute atomic E-state index is 0.219. The molecule has 6 nitrogen and oxygen atoms in total. The van der Waals surface area contributed by atoms with Crippen LogP contribution in [0.2, 0.25) is 0 Å². The first-order chi connectivity index (χ1) is 12.6. The van der Waals surface area contributed by atoms with Crippen LogP contribution in [0.5, 0.6) is 0 Å². The van der Waals surface area contributed by atoms with Gasteiger partial charge in [-0.1, -0.05) is 35.5 Å². The molecule has 1 saturated heterocycles. The van der Waals surface area contributed by atoms with E-state index >= 15 is 0 Å². The zero-order valence-electron chi connectivity index (χ0n) is 14.6. The van der Waals surface area contributed by atoms with Gasteiger partial charge in [0.2, 0.25) is 15.9 Å². The third-order valence-electron chi connectivity index (χ3n) is 4.96. The molecule has 0 N–H and O–H groups in total. The molecule has 138 valence electrons. The number of hydrogen-bond acceptors (Lipinski definition) is 5. The van der Waals surface area contributed by atoms with Crippen LogP contribution >= 0.6 is 0 Å². The van der Waals surface area contributed by atoms with Gasteiger partial charge in [-0.25, -0.2) is 8.42 Å². The first kappa shape index (κ1) is 17.4. The highest BCUT2D eigenvalue weighted by atomic mass is 32.2. The van der Waals surface area contributed by atoms with Crippen LogP contribution in [0.15, 0.2) is 40.3 Å². The summed E-state index contributed by atoms with van der Waals surface area (Å²) in [6, 6.07) is 9.47. The van der Waals surface area contributed by atoms with Crippen molar-refractivity contribution in [3.8, 4) is 0 Å². The van der Waals surface area contributed by atoms with E-state index in [9.17, 15) is 8.42 Å². The summed E-state index contributed by atoms with van der Waals surface area (Å²) in [5.74, 6) is 2.14. The van der Waals surface area contributed by atoms with E-state index in [-0.39, 0.29) is 5.92 Å². The maximum Gasteiger partial charge on any atom is 0.236 e. The van der Waals surface area contributed by atoms with E-state index < -0.39 is 10.0 Å². The third-order valence-corrected chi connectivity index (χ3v) is 6.49. The molecule has 2 fully saturated rings. The highest BCUT2D eigenvalue weighted by Gasteiger charge is 2.31. The van der Waals surface area contributed by atoms with Crippen molar-refractivity contribution in [2.24, 2.45) is 5.92 Å². The smallest absolute Gasteiger partial charge is 0.236 e. The van der Waals surface area contributed by atoms with Crippen LogP contribution in [0.1, 0.15) is 48.9 Å². The molecule has 1 aliphatic heterocycles. The van der Waals surface area contributed by atoms with Crippen molar-refractivity contribution in [2.75, 3.05) is 13.1 Å². The van der Waals surface area contributed by atoms with Crippen LogP contribution in [0, 0.1) is 5.92 Å². The van der Waals surface area contributed by atoms with Crippen molar-refractivity contribution in [2.45, 2.75) is 38.0 Å². The predicted octanol–water partition coefficient (Wildman–Crippen LogP) is 3.20. The lowest BCUT2D eigenvalue weighted by Gasteiger charge is -2.30. The Kier molecular flexibility index (Phi) is 4.91. The van der Waals surface area contributed by atoms with Crippen molar-refractivity contribution in [3.05, 3.63) is 53.0 Å².